The van der Waals surface area contributed by atoms with Crippen LogP contribution in [0.15, 0.2) is 39.7 Å². The zero-order chi connectivity index (χ0) is 15.6. The van der Waals surface area contributed by atoms with Crippen LogP contribution in [0.2, 0.25) is 4.34 Å². The second-order valence-corrected chi connectivity index (χ2v) is 8.94. The van der Waals surface area contributed by atoms with Crippen molar-refractivity contribution in [3.05, 3.63) is 44.0 Å². The summed E-state index contributed by atoms with van der Waals surface area (Å²) in [4.78, 5) is 1.01. The van der Waals surface area contributed by atoms with Gasteiger partial charge in [0.2, 0.25) is 10.0 Å². The van der Waals surface area contributed by atoms with Gasteiger partial charge >= 0.3 is 0 Å². The molecule has 0 unspecified atom stereocenters. The van der Waals surface area contributed by atoms with E-state index in [2.05, 4.69) is 15.9 Å². The van der Waals surface area contributed by atoms with Crippen molar-refractivity contribution in [2.24, 2.45) is 0 Å². The van der Waals surface area contributed by atoms with Crippen molar-refractivity contribution in [3.63, 3.8) is 0 Å². The Kier molecular flexibility index (Phi) is 5.32. The standard InChI is InChI=1S/C13H14BrClN2O2S2/c1-2-17(8-10-4-6-13(15)20-10)21(18,19)12-5-3-9(14)7-11(12)16/h3-7H,2,8,16H2,1H3. The highest BCUT2D eigenvalue weighted by Gasteiger charge is 2.25. The number of nitrogen functional groups attached to an aromatic ring is 1. The van der Waals surface area contributed by atoms with Gasteiger partial charge in [0.15, 0.2) is 0 Å². The van der Waals surface area contributed by atoms with Crippen LogP contribution in [0.1, 0.15) is 11.8 Å². The first kappa shape index (κ1) is 16.8. The van der Waals surface area contributed by atoms with E-state index in [9.17, 15) is 8.42 Å². The van der Waals surface area contributed by atoms with Crippen LogP contribution in [0, 0.1) is 0 Å². The molecule has 1 aromatic carbocycles. The summed E-state index contributed by atoms with van der Waals surface area (Å²) in [6.45, 7) is 2.43. The minimum Gasteiger partial charge on any atom is -0.398 e. The molecule has 0 fully saturated rings. The number of thiophene rings is 1. The summed E-state index contributed by atoms with van der Waals surface area (Å²) in [7, 11) is -3.64. The van der Waals surface area contributed by atoms with Gasteiger partial charge in [0, 0.05) is 22.4 Å². The van der Waals surface area contributed by atoms with E-state index in [1.807, 2.05) is 6.07 Å². The second-order valence-electron chi connectivity index (χ2n) is 4.32. The highest BCUT2D eigenvalue weighted by Crippen LogP contribution is 2.28. The van der Waals surface area contributed by atoms with Crippen molar-refractivity contribution in [1.29, 1.82) is 0 Å². The van der Waals surface area contributed by atoms with Gasteiger partial charge in [0.05, 0.1) is 10.0 Å². The lowest BCUT2D eigenvalue weighted by Crippen LogP contribution is -2.30. The van der Waals surface area contributed by atoms with Crippen LogP contribution in [0.5, 0.6) is 0 Å². The zero-order valence-electron chi connectivity index (χ0n) is 11.2. The summed E-state index contributed by atoms with van der Waals surface area (Å²) in [5.41, 5.74) is 6.07. The molecule has 0 atom stereocenters. The Hall–Kier alpha value is -0.600. The molecular formula is C13H14BrClN2O2S2. The Bertz CT molecular complexity index is 746. The van der Waals surface area contributed by atoms with Gasteiger partial charge in [0.1, 0.15) is 4.90 Å². The van der Waals surface area contributed by atoms with Gasteiger partial charge in [-0.3, -0.25) is 0 Å². The van der Waals surface area contributed by atoms with Gasteiger partial charge in [-0.05, 0) is 30.3 Å². The molecule has 4 nitrogen and oxygen atoms in total. The van der Waals surface area contributed by atoms with Crippen LogP contribution in [-0.2, 0) is 16.6 Å². The summed E-state index contributed by atoms with van der Waals surface area (Å²) in [6, 6.07) is 8.35. The highest BCUT2D eigenvalue weighted by atomic mass is 79.9. The van der Waals surface area contributed by atoms with Crippen LogP contribution in [0.3, 0.4) is 0 Å². The lowest BCUT2D eigenvalue weighted by atomic mass is 10.3. The monoisotopic (exact) mass is 408 g/mol. The van der Waals surface area contributed by atoms with Gasteiger partial charge in [-0.25, -0.2) is 8.42 Å². The van der Waals surface area contributed by atoms with E-state index in [0.717, 1.165) is 9.35 Å². The largest absolute Gasteiger partial charge is 0.398 e. The molecule has 0 saturated heterocycles. The number of benzene rings is 1. The Morgan fingerprint density at radius 3 is 2.57 bits per heavy atom. The van der Waals surface area contributed by atoms with Crippen LogP contribution in [-0.4, -0.2) is 19.3 Å². The fraction of sp³-hybridized carbons (Fsp3) is 0.231. The smallest absolute Gasteiger partial charge is 0.245 e. The Morgan fingerprint density at radius 2 is 2.05 bits per heavy atom. The topological polar surface area (TPSA) is 63.4 Å². The lowest BCUT2D eigenvalue weighted by molar-refractivity contribution is 0.426. The number of nitrogens with zero attached hydrogens (tertiary/aromatic N) is 1. The lowest BCUT2D eigenvalue weighted by Gasteiger charge is -2.20. The van der Waals surface area contributed by atoms with E-state index >= 15 is 0 Å². The van der Waals surface area contributed by atoms with E-state index in [4.69, 9.17) is 17.3 Å². The molecule has 0 saturated carbocycles. The van der Waals surface area contributed by atoms with Gasteiger partial charge < -0.3 is 5.73 Å². The third-order valence-electron chi connectivity index (χ3n) is 2.90. The van der Waals surface area contributed by atoms with E-state index < -0.39 is 10.0 Å². The average Bonchev–Trinajstić information content (AvgIpc) is 2.80. The SMILES string of the molecule is CCN(Cc1ccc(Cl)s1)S(=O)(=O)c1ccc(Br)cc1N. The molecule has 2 N–H and O–H groups in total. The van der Waals surface area contributed by atoms with Gasteiger partial charge in [0.25, 0.3) is 0 Å². The first-order valence-corrected chi connectivity index (χ1v) is 9.56. The normalized spacial score (nSPS) is 12.0. The number of anilines is 1. The minimum atomic E-state index is -3.64. The molecule has 0 spiro atoms. The number of sulfonamides is 1. The molecule has 8 heteroatoms. The quantitative estimate of drug-likeness (QED) is 0.760. The molecule has 21 heavy (non-hydrogen) atoms. The number of nitrogens with two attached hydrogens (primary N) is 1. The van der Waals surface area contributed by atoms with Crippen LogP contribution in [0.4, 0.5) is 5.69 Å². The number of hydrogen-bond acceptors (Lipinski definition) is 4. The molecule has 114 valence electrons. The van der Waals surface area contributed by atoms with Gasteiger partial charge in [-0.15, -0.1) is 11.3 Å². The molecule has 2 aromatic rings. The number of rotatable bonds is 5. The molecule has 1 heterocycles. The third kappa shape index (κ3) is 3.78. The maximum atomic E-state index is 12.7. The van der Waals surface area contributed by atoms with Crippen molar-refractivity contribution in [3.8, 4) is 0 Å². The van der Waals surface area contributed by atoms with Gasteiger partial charge in [-0.1, -0.05) is 34.5 Å². The first-order valence-electron chi connectivity index (χ1n) is 6.14. The summed E-state index contributed by atoms with van der Waals surface area (Å²) in [6.07, 6.45) is 0. The number of hydrogen-bond donors (Lipinski definition) is 1. The predicted molar refractivity (Wildman–Crippen MR) is 91.2 cm³/mol. The van der Waals surface area contributed by atoms with Crippen molar-refractivity contribution in [1.82, 2.24) is 4.31 Å². The summed E-state index contributed by atoms with van der Waals surface area (Å²) in [5.74, 6) is 0. The van der Waals surface area contributed by atoms with Gasteiger partial charge in [-0.2, -0.15) is 4.31 Å². The molecule has 0 aliphatic rings. The molecule has 0 aliphatic heterocycles. The van der Waals surface area contributed by atoms with Crippen molar-refractivity contribution < 1.29 is 8.42 Å². The van der Waals surface area contributed by atoms with E-state index in [-0.39, 0.29) is 17.1 Å². The molecule has 1 aromatic heterocycles. The maximum Gasteiger partial charge on any atom is 0.245 e. The molecule has 0 bridgehead atoms. The fourth-order valence-electron chi connectivity index (χ4n) is 1.87. The zero-order valence-corrected chi connectivity index (χ0v) is 15.2. The molecular weight excluding hydrogens is 396 g/mol. The Morgan fingerprint density at radius 1 is 1.33 bits per heavy atom. The van der Waals surface area contributed by atoms with Crippen molar-refractivity contribution in [2.45, 2.75) is 18.4 Å². The average molecular weight is 410 g/mol. The van der Waals surface area contributed by atoms with Crippen LogP contribution >= 0.6 is 38.9 Å². The van der Waals surface area contributed by atoms with Crippen LogP contribution in [0.25, 0.3) is 0 Å². The van der Waals surface area contributed by atoms with Crippen molar-refractivity contribution >= 4 is 54.6 Å². The van der Waals surface area contributed by atoms with E-state index in [0.29, 0.717) is 10.9 Å². The maximum absolute atomic E-state index is 12.7. The summed E-state index contributed by atoms with van der Waals surface area (Å²) < 4.78 is 28.2. The van der Waals surface area contributed by atoms with Crippen LogP contribution < -0.4 is 5.73 Å². The molecule has 2 rings (SSSR count). The highest BCUT2D eigenvalue weighted by molar-refractivity contribution is 9.10. The third-order valence-corrected chi connectivity index (χ3v) is 6.61. The summed E-state index contributed by atoms with van der Waals surface area (Å²) in [5, 5.41) is 0. The first-order chi connectivity index (χ1) is 9.84. The Labute approximate surface area is 141 Å². The van der Waals surface area contributed by atoms with Crippen molar-refractivity contribution in [2.75, 3.05) is 12.3 Å². The fourth-order valence-corrected chi connectivity index (χ4v) is 4.96. The molecule has 0 amide bonds. The van der Waals surface area contributed by atoms with E-state index in [1.54, 1.807) is 25.1 Å². The molecule has 0 aliphatic carbocycles. The minimum absolute atomic E-state index is 0.121. The summed E-state index contributed by atoms with van der Waals surface area (Å²) >= 11 is 10.5. The molecule has 0 radical (unpaired) electrons. The number of halogens is 2. The Balaban J connectivity index is 2.35. The second kappa shape index (κ2) is 6.66. The predicted octanol–water partition coefficient (Wildman–Crippen LogP) is 3.96. The van der Waals surface area contributed by atoms with E-state index in [1.165, 1.54) is 21.7 Å².